The molecule has 3 aliphatic rings. The van der Waals surface area contributed by atoms with Gasteiger partial charge in [0, 0.05) is 55.2 Å². The number of piperidine rings is 1. The van der Waals surface area contributed by atoms with Gasteiger partial charge in [-0.15, -0.1) is 11.3 Å². The average Bonchev–Trinajstić information content (AvgIpc) is 3.65. The molecule has 2 N–H and O–H groups in total. The molecule has 248 valence electrons. The molecule has 47 heavy (non-hydrogen) atoms. The Morgan fingerprint density at radius 1 is 1.11 bits per heavy atom. The van der Waals surface area contributed by atoms with Crippen LogP contribution in [-0.2, 0) is 6.18 Å². The molecule has 2 aromatic heterocycles. The molecule has 7 nitrogen and oxygen atoms in total. The number of hydrogen-bond acceptors (Lipinski definition) is 8. The topological polar surface area (TPSA) is 91.3 Å². The standard InChI is InChI=1S/C31H26F8N6OS/c32-15-11-29(4-1-7-45(29)13-15)14-46-28-42-24-17(27(43-28)44-8-5-30(35,36)6-9-44)10-19(31(37,38)39)22(23(24)34)16-2-3-20(33)25-21(16)18(12-40)26(41)47-25/h2-3,10,15H,1,4-9,11,13-14,41H2/t15-,29+/m1/s1. The van der Waals surface area contributed by atoms with Gasteiger partial charge >= 0.3 is 12.2 Å². The summed E-state index contributed by atoms with van der Waals surface area (Å²) in [6.45, 7) is 0.213. The van der Waals surface area contributed by atoms with Crippen molar-refractivity contribution in [2.45, 2.75) is 55.9 Å². The van der Waals surface area contributed by atoms with Crippen molar-refractivity contribution in [3.8, 4) is 23.2 Å². The van der Waals surface area contributed by atoms with E-state index in [-0.39, 0.29) is 59.1 Å². The van der Waals surface area contributed by atoms with Gasteiger partial charge in [-0.25, -0.2) is 22.0 Å². The Kier molecular flexibility index (Phi) is 7.43. The fraction of sp³-hybridized carbons (Fsp3) is 0.452. The quantitative estimate of drug-likeness (QED) is 0.219. The number of hydrogen-bond donors (Lipinski definition) is 1. The van der Waals surface area contributed by atoms with E-state index >= 15 is 4.39 Å². The minimum absolute atomic E-state index is 0.0795. The van der Waals surface area contributed by atoms with Crippen molar-refractivity contribution < 1.29 is 39.9 Å². The molecular weight excluding hydrogens is 656 g/mol. The van der Waals surface area contributed by atoms with Gasteiger partial charge in [-0.2, -0.15) is 28.4 Å². The van der Waals surface area contributed by atoms with Crippen molar-refractivity contribution in [3.63, 3.8) is 0 Å². The van der Waals surface area contributed by atoms with Gasteiger partial charge in [0.05, 0.1) is 21.4 Å². The Balaban J connectivity index is 1.45. The van der Waals surface area contributed by atoms with Crippen LogP contribution in [-0.4, -0.2) is 65.3 Å². The van der Waals surface area contributed by atoms with E-state index in [1.807, 2.05) is 4.90 Å². The second-order valence-electron chi connectivity index (χ2n) is 12.3. The number of halogens is 8. The zero-order chi connectivity index (χ0) is 33.5. The Labute approximate surface area is 266 Å². The maximum absolute atomic E-state index is 16.8. The number of benzene rings is 2. The number of alkyl halides is 6. The normalized spacial score (nSPS) is 23.0. The summed E-state index contributed by atoms with van der Waals surface area (Å²) < 4.78 is 124. The lowest BCUT2D eigenvalue weighted by Gasteiger charge is -2.34. The Morgan fingerprint density at radius 3 is 2.55 bits per heavy atom. The molecule has 0 unspecified atom stereocenters. The maximum Gasteiger partial charge on any atom is 0.417 e. The smallest absolute Gasteiger partial charge is 0.417 e. The maximum atomic E-state index is 16.8. The lowest BCUT2D eigenvalue weighted by Crippen LogP contribution is -2.43. The predicted molar refractivity (Wildman–Crippen MR) is 159 cm³/mol. The van der Waals surface area contributed by atoms with Gasteiger partial charge in [0.1, 0.15) is 41.0 Å². The van der Waals surface area contributed by atoms with Crippen molar-refractivity contribution in [2.75, 3.05) is 43.4 Å². The van der Waals surface area contributed by atoms with E-state index in [2.05, 4.69) is 9.97 Å². The third-order valence-corrected chi connectivity index (χ3v) is 10.4. The summed E-state index contributed by atoms with van der Waals surface area (Å²) in [5.74, 6) is -5.55. The third kappa shape index (κ3) is 5.27. The SMILES string of the molecule is N#Cc1c(N)sc2c(F)ccc(-c3c(C(F)(F)F)cc4c(N5CCC(F)(F)CC5)nc(OC[C@@]56CCCN5C[C@H](F)C6)nc4c3F)c12. The molecule has 0 bridgehead atoms. The molecule has 0 aliphatic carbocycles. The van der Waals surface area contributed by atoms with E-state index in [9.17, 15) is 36.0 Å². The van der Waals surface area contributed by atoms with Crippen LogP contribution in [0.15, 0.2) is 18.2 Å². The van der Waals surface area contributed by atoms with Crippen LogP contribution < -0.4 is 15.4 Å². The molecule has 2 aromatic carbocycles. The number of nitrogens with two attached hydrogens (primary N) is 1. The number of nitrogens with zero attached hydrogens (tertiary/aromatic N) is 5. The number of anilines is 2. The molecule has 0 amide bonds. The molecule has 7 rings (SSSR count). The van der Waals surface area contributed by atoms with Crippen LogP contribution in [0.5, 0.6) is 6.01 Å². The highest BCUT2D eigenvalue weighted by molar-refractivity contribution is 7.23. The minimum Gasteiger partial charge on any atom is -0.461 e. The first-order valence-corrected chi connectivity index (χ1v) is 15.7. The van der Waals surface area contributed by atoms with E-state index in [1.54, 1.807) is 6.07 Å². The number of thiophene rings is 1. The van der Waals surface area contributed by atoms with Crippen LogP contribution in [0.2, 0.25) is 0 Å². The van der Waals surface area contributed by atoms with Gasteiger partial charge in [-0.3, -0.25) is 4.90 Å². The molecule has 3 aliphatic heterocycles. The molecular formula is C31H26F8N6OS. The second-order valence-corrected chi connectivity index (χ2v) is 13.3. The van der Waals surface area contributed by atoms with Crippen LogP contribution in [0.4, 0.5) is 45.9 Å². The zero-order valence-electron chi connectivity index (χ0n) is 24.5. The molecule has 4 aromatic rings. The Morgan fingerprint density at radius 2 is 1.85 bits per heavy atom. The van der Waals surface area contributed by atoms with E-state index in [4.69, 9.17) is 10.5 Å². The van der Waals surface area contributed by atoms with Crippen LogP contribution in [0.1, 0.15) is 43.2 Å². The van der Waals surface area contributed by atoms with Crippen molar-refractivity contribution in [1.29, 1.82) is 5.26 Å². The van der Waals surface area contributed by atoms with E-state index in [1.165, 1.54) is 4.90 Å². The fourth-order valence-electron chi connectivity index (χ4n) is 7.19. The van der Waals surface area contributed by atoms with Gasteiger partial charge in [0.25, 0.3) is 5.92 Å². The monoisotopic (exact) mass is 682 g/mol. The molecule has 0 saturated carbocycles. The molecule has 2 atom stereocenters. The van der Waals surface area contributed by atoms with Gasteiger partial charge < -0.3 is 15.4 Å². The summed E-state index contributed by atoms with van der Waals surface area (Å²) in [6, 6.07) is 3.80. The van der Waals surface area contributed by atoms with Gasteiger partial charge in [0.2, 0.25) is 0 Å². The lowest BCUT2D eigenvalue weighted by molar-refractivity contribution is -0.137. The summed E-state index contributed by atoms with van der Waals surface area (Å²) in [4.78, 5) is 11.8. The van der Waals surface area contributed by atoms with Crippen LogP contribution in [0, 0.1) is 23.0 Å². The number of nitrogen functional groups attached to an aromatic ring is 1. The van der Waals surface area contributed by atoms with E-state index < -0.39 is 81.9 Å². The number of ether oxygens (including phenoxy) is 1. The molecule has 5 heterocycles. The minimum atomic E-state index is -5.17. The number of aromatic nitrogens is 2. The Bertz CT molecular complexity index is 1950. The highest BCUT2D eigenvalue weighted by Crippen LogP contribution is 2.48. The molecule has 16 heteroatoms. The average molecular weight is 683 g/mol. The molecule has 3 fully saturated rings. The summed E-state index contributed by atoms with van der Waals surface area (Å²) in [5.41, 5.74) is 1.43. The van der Waals surface area contributed by atoms with Gasteiger partial charge in [-0.1, -0.05) is 6.07 Å². The first kappa shape index (κ1) is 31.6. The first-order chi connectivity index (χ1) is 22.2. The fourth-order valence-corrected chi connectivity index (χ4v) is 8.13. The van der Waals surface area contributed by atoms with Gasteiger partial charge in [-0.05, 0) is 37.1 Å². The molecule has 3 saturated heterocycles. The number of nitriles is 1. The Hall–Kier alpha value is -3.97. The van der Waals surface area contributed by atoms with E-state index in [0.29, 0.717) is 30.4 Å². The zero-order valence-corrected chi connectivity index (χ0v) is 25.4. The lowest BCUT2D eigenvalue weighted by atomic mass is 9.92. The van der Waals surface area contributed by atoms with Crippen molar-refractivity contribution in [2.24, 2.45) is 0 Å². The predicted octanol–water partition coefficient (Wildman–Crippen LogP) is 7.45. The highest BCUT2D eigenvalue weighted by Gasteiger charge is 2.49. The molecule has 0 spiro atoms. The summed E-state index contributed by atoms with van der Waals surface area (Å²) >= 11 is 0.643. The summed E-state index contributed by atoms with van der Waals surface area (Å²) in [5, 5.41) is 8.89. The number of rotatable bonds is 5. The van der Waals surface area contributed by atoms with Crippen LogP contribution >= 0.6 is 11.3 Å². The van der Waals surface area contributed by atoms with Gasteiger partial charge in [0.15, 0.2) is 5.82 Å². The van der Waals surface area contributed by atoms with Crippen LogP contribution in [0.3, 0.4) is 0 Å². The summed E-state index contributed by atoms with van der Waals surface area (Å²) in [7, 11) is 0. The van der Waals surface area contributed by atoms with E-state index in [0.717, 1.165) is 18.6 Å². The largest absolute Gasteiger partial charge is 0.461 e. The first-order valence-electron chi connectivity index (χ1n) is 14.9. The summed E-state index contributed by atoms with van der Waals surface area (Å²) in [6.07, 6.45) is -5.87. The van der Waals surface area contributed by atoms with Crippen molar-refractivity contribution >= 4 is 43.1 Å². The van der Waals surface area contributed by atoms with Crippen LogP contribution in [0.25, 0.3) is 32.1 Å². The molecule has 0 radical (unpaired) electrons. The highest BCUT2D eigenvalue weighted by atomic mass is 32.1. The second kappa shape index (κ2) is 11.0. The third-order valence-electron chi connectivity index (χ3n) is 9.42. The number of fused-ring (bicyclic) bond motifs is 3. The van der Waals surface area contributed by atoms with Crippen molar-refractivity contribution in [3.05, 3.63) is 41.0 Å². The van der Waals surface area contributed by atoms with Crippen molar-refractivity contribution in [1.82, 2.24) is 14.9 Å².